The summed E-state index contributed by atoms with van der Waals surface area (Å²) in [6.07, 6.45) is 1.14. The van der Waals surface area contributed by atoms with Gasteiger partial charge in [-0.05, 0) is 43.6 Å². The molecule has 0 aromatic heterocycles. The van der Waals surface area contributed by atoms with Crippen molar-refractivity contribution in [3.8, 4) is 0 Å². The summed E-state index contributed by atoms with van der Waals surface area (Å²) in [6.45, 7) is 5.57. The van der Waals surface area contributed by atoms with Crippen LogP contribution >= 0.6 is 35.6 Å². The van der Waals surface area contributed by atoms with Gasteiger partial charge in [-0.25, -0.2) is 0 Å². The van der Waals surface area contributed by atoms with Crippen molar-refractivity contribution in [1.82, 2.24) is 10.2 Å². The Labute approximate surface area is 147 Å². The smallest absolute Gasteiger partial charge is 0.238 e. The monoisotopic (exact) mass is 365 g/mol. The van der Waals surface area contributed by atoms with E-state index in [2.05, 4.69) is 22.5 Å². The standard InChI is InChI=1S/C15H21Cl2N3O.ClH/c1-15(5-6-18-9-15)10-20(2)8-14(21)19-11-3-4-12(16)13(17)7-11;/h3-4,7,18H,5-6,8-10H2,1-2H3,(H,19,21);1H. The quantitative estimate of drug-likeness (QED) is 0.840. The number of hydrogen-bond acceptors (Lipinski definition) is 3. The molecule has 0 bridgehead atoms. The highest BCUT2D eigenvalue weighted by Crippen LogP contribution is 2.26. The zero-order valence-corrected chi connectivity index (χ0v) is 15.1. The van der Waals surface area contributed by atoms with Crippen LogP contribution in [0.5, 0.6) is 0 Å². The van der Waals surface area contributed by atoms with Crippen molar-refractivity contribution in [3.05, 3.63) is 28.2 Å². The van der Waals surface area contributed by atoms with E-state index in [-0.39, 0.29) is 23.7 Å². The summed E-state index contributed by atoms with van der Waals surface area (Å²) in [5, 5.41) is 7.12. The number of likely N-dealkylation sites (N-methyl/N-ethyl adjacent to an activating group) is 1. The van der Waals surface area contributed by atoms with Crippen LogP contribution in [0.2, 0.25) is 10.0 Å². The predicted octanol–water partition coefficient (Wildman–Crippen LogP) is 3.29. The summed E-state index contributed by atoms with van der Waals surface area (Å²) in [5.74, 6) is -0.0505. The van der Waals surface area contributed by atoms with Crippen LogP contribution in [0.1, 0.15) is 13.3 Å². The lowest BCUT2D eigenvalue weighted by Gasteiger charge is -2.28. The van der Waals surface area contributed by atoms with E-state index < -0.39 is 0 Å². The van der Waals surface area contributed by atoms with Crippen molar-refractivity contribution in [2.75, 3.05) is 38.5 Å². The zero-order valence-electron chi connectivity index (χ0n) is 12.8. The Bertz CT molecular complexity index is 519. The molecule has 1 aliphatic rings. The van der Waals surface area contributed by atoms with E-state index in [1.165, 1.54) is 0 Å². The van der Waals surface area contributed by atoms with Gasteiger partial charge in [0, 0.05) is 18.8 Å². The first kappa shape index (κ1) is 19.5. The fourth-order valence-corrected chi connectivity index (χ4v) is 3.03. The fraction of sp³-hybridized carbons (Fsp3) is 0.533. The van der Waals surface area contributed by atoms with Gasteiger partial charge in [-0.15, -0.1) is 12.4 Å². The highest BCUT2D eigenvalue weighted by molar-refractivity contribution is 6.42. The molecule has 22 heavy (non-hydrogen) atoms. The van der Waals surface area contributed by atoms with Crippen molar-refractivity contribution in [2.24, 2.45) is 5.41 Å². The Kier molecular flexibility index (Phi) is 7.42. The van der Waals surface area contributed by atoms with Crippen LogP contribution in [-0.4, -0.2) is 44.0 Å². The summed E-state index contributed by atoms with van der Waals surface area (Å²) < 4.78 is 0. The van der Waals surface area contributed by atoms with Gasteiger partial charge in [-0.2, -0.15) is 0 Å². The molecule has 124 valence electrons. The van der Waals surface area contributed by atoms with Crippen molar-refractivity contribution in [2.45, 2.75) is 13.3 Å². The maximum absolute atomic E-state index is 12.1. The molecule has 1 aliphatic heterocycles. The third-order valence-corrected chi connectivity index (χ3v) is 4.46. The van der Waals surface area contributed by atoms with Gasteiger partial charge in [0.25, 0.3) is 0 Å². The Balaban J connectivity index is 0.00000242. The summed E-state index contributed by atoms with van der Waals surface area (Å²) in [7, 11) is 1.97. The van der Waals surface area contributed by atoms with Gasteiger partial charge in [-0.1, -0.05) is 30.1 Å². The number of halogens is 3. The molecule has 0 saturated carbocycles. The normalized spacial score (nSPS) is 20.8. The number of amides is 1. The maximum atomic E-state index is 12.1. The molecule has 0 radical (unpaired) electrons. The number of rotatable bonds is 5. The first-order valence-corrected chi connectivity index (χ1v) is 7.78. The molecular weight excluding hydrogens is 345 g/mol. The first-order chi connectivity index (χ1) is 9.88. The highest BCUT2D eigenvalue weighted by Gasteiger charge is 2.30. The topological polar surface area (TPSA) is 44.4 Å². The minimum absolute atomic E-state index is 0. The summed E-state index contributed by atoms with van der Waals surface area (Å²) in [6, 6.07) is 5.08. The number of nitrogens with one attached hydrogen (secondary N) is 2. The van der Waals surface area contributed by atoms with Gasteiger partial charge >= 0.3 is 0 Å². The number of benzene rings is 1. The van der Waals surface area contributed by atoms with E-state index in [0.29, 0.717) is 22.3 Å². The minimum atomic E-state index is -0.0505. The largest absolute Gasteiger partial charge is 0.325 e. The third-order valence-electron chi connectivity index (χ3n) is 3.73. The third kappa shape index (κ3) is 5.60. The van der Waals surface area contributed by atoms with Crippen LogP contribution in [-0.2, 0) is 4.79 Å². The number of hydrogen-bond donors (Lipinski definition) is 2. The molecule has 0 aliphatic carbocycles. The van der Waals surface area contributed by atoms with Crippen molar-refractivity contribution < 1.29 is 4.79 Å². The lowest BCUT2D eigenvalue weighted by atomic mass is 9.89. The molecule has 2 rings (SSSR count). The number of carbonyl (C=O) groups excluding carboxylic acids is 1. The number of anilines is 1. The summed E-state index contributed by atoms with van der Waals surface area (Å²) in [5.41, 5.74) is 0.912. The molecule has 4 nitrogen and oxygen atoms in total. The van der Waals surface area contributed by atoms with Crippen molar-refractivity contribution in [1.29, 1.82) is 0 Å². The van der Waals surface area contributed by atoms with Crippen LogP contribution < -0.4 is 10.6 Å². The second-order valence-corrected chi connectivity index (χ2v) is 6.90. The Hall–Kier alpha value is -0.520. The number of nitrogens with zero attached hydrogens (tertiary/aromatic N) is 1. The van der Waals surface area contributed by atoms with E-state index in [0.717, 1.165) is 26.1 Å². The van der Waals surface area contributed by atoms with Crippen LogP contribution in [0, 0.1) is 5.41 Å². The molecule has 1 unspecified atom stereocenters. The molecule has 7 heteroatoms. The van der Waals surface area contributed by atoms with Gasteiger partial charge in [-0.3, -0.25) is 9.69 Å². The van der Waals surface area contributed by atoms with Gasteiger partial charge in [0.05, 0.1) is 16.6 Å². The average Bonchev–Trinajstić information content (AvgIpc) is 2.79. The Morgan fingerprint density at radius 3 is 2.73 bits per heavy atom. The maximum Gasteiger partial charge on any atom is 0.238 e. The van der Waals surface area contributed by atoms with Gasteiger partial charge in [0.1, 0.15) is 0 Å². The molecule has 1 saturated heterocycles. The predicted molar refractivity (Wildman–Crippen MR) is 95.4 cm³/mol. The summed E-state index contributed by atoms with van der Waals surface area (Å²) >= 11 is 11.8. The molecule has 1 aromatic rings. The second kappa shape index (κ2) is 8.37. The van der Waals surface area contributed by atoms with E-state index in [9.17, 15) is 4.79 Å². The van der Waals surface area contributed by atoms with Gasteiger partial charge < -0.3 is 10.6 Å². The lowest BCUT2D eigenvalue weighted by molar-refractivity contribution is -0.117. The average molecular weight is 367 g/mol. The molecule has 1 atom stereocenters. The molecule has 1 aromatic carbocycles. The van der Waals surface area contributed by atoms with E-state index >= 15 is 0 Å². The minimum Gasteiger partial charge on any atom is -0.325 e. The zero-order chi connectivity index (χ0) is 15.5. The molecular formula is C15H22Cl3N3O. The van der Waals surface area contributed by atoms with Crippen LogP contribution in [0.25, 0.3) is 0 Å². The highest BCUT2D eigenvalue weighted by atomic mass is 35.5. The fourth-order valence-electron chi connectivity index (χ4n) is 2.73. The van der Waals surface area contributed by atoms with Gasteiger partial charge in [0.15, 0.2) is 0 Å². The molecule has 0 spiro atoms. The molecule has 2 N–H and O–H groups in total. The van der Waals surface area contributed by atoms with E-state index in [1.54, 1.807) is 18.2 Å². The SMILES string of the molecule is CN(CC(=O)Nc1ccc(Cl)c(Cl)c1)CC1(C)CCNC1.Cl. The van der Waals surface area contributed by atoms with Crippen molar-refractivity contribution in [3.63, 3.8) is 0 Å². The van der Waals surface area contributed by atoms with Crippen LogP contribution in [0.15, 0.2) is 18.2 Å². The van der Waals surface area contributed by atoms with E-state index in [4.69, 9.17) is 23.2 Å². The molecule has 1 fully saturated rings. The summed E-state index contributed by atoms with van der Waals surface area (Å²) in [4.78, 5) is 14.1. The van der Waals surface area contributed by atoms with Crippen LogP contribution in [0.4, 0.5) is 5.69 Å². The van der Waals surface area contributed by atoms with Gasteiger partial charge in [0.2, 0.25) is 5.91 Å². The Morgan fingerprint density at radius 2 is 2.14 bits per heavy atom. The molecule has 1 amide bonds. The number of carbonyl (C=O) groups is 1. The van der Waals surface area contributed by atoms with Crippen LogP contribution in [0.3, 0.4) is 0 Å². The van der Waals surface area contributed by atoms with Crippen molar-refractivity contribution >= 4 is 47.2 Å². The van der Waals surface area contributed by atoms with E-state index in [1.807, 2.05) is 7.05 Å². The lowest BCUT2D eigenvalue weighted by Crippen LogP contribution is -2.39. The first-order valence-electron chi connectivity index (χ1n) is 7.02. The molecule has 1 heterocycles. The second-order valence-electron chi connectivity index (χ2n) is 6.09. The Morgan fingerprint density at radius 1 is 1.41 bits per heavy atom.